The minimum atomic E-state index is -0.882. The van der Waals surface area contributed by atoms with Gasteiger partial charge in [-0.25, -0.2) is 4.98 Å². The van der Waals surface area contributed by atoms with Crippen molar-refractivity contribution in [3.8, 4) is 16.3 Å². The summed E-state index contributed by atoms with van der Waals surface area (Å²) in [6.45, 7) is 0. The normalized spacial score (nSPS) is 11.2. The highest BCUT2D eigenvalue weighted by Crippen LogP contribution is 2.34. The van der Waals surface area contributed by atoms with Gasteiger partial charge in [0.25, 0.3) is 5.69 Å². The topological polar surface area (TPSA) is 132 Å². The smallest absolute Gasteiger partial charge is 0.318 e. The molecule has 0 atom stereocenters. The zero-order valence-corrected chi connectivity index (χ0v) is 15.9. The van der Waals surface area contributed by atoms with E-state index in [0.29, 0.717) is 11.8 Å². The molecule has 4 aromatic rings. The van der Waals surface area contributed by atoms with Crippen molar-refractivity contribution in [2.24, 2.45) is 4.99 Å². The third kappa shape index (κ3) is 3.71. The Morgan fingerprint density at radius 1 is 1.00 bits per heavy atom. The van der Waals surface area contributed by atoms with Crippen LogP contribution in [0.4, 0.5) is 17.1 Å². The number of thiazole rings is 1. The Morgan fingerprint density at radius 3 is 2.40 bits per heavy atom. The number of aliphatic imine (C=N–C) groups is 1. The van der Waals surface area contributed by atoms with E-state index in [1.807, 2.05) is 36.4 Å². The molecule has 9 nitrogen and oxygen atoms in total. The van der Waals surface area contributed by atoms with Gasteiger partial charge >= 0.3 is 5.69 Å². The van der Waals surface area contributed by atoms with Gasteiger partial charge in [0.15, 0.2) is 0 Å². The molecule has 0 saturated heterocycles. The SMILES string of the molecule is O=[N+]([O-])c1cc(C=Nc2ccc(-c3nc4ccccc4s3)cc2)c(O)c([N+](=O)[O-])c1. The highest BCUT2D eigenvalue weighted by molar-refractivity contribution is 7.21. The third-order valence-electron chi connectivity index (χ3n) is 4.27. The predicted octanol–water partition coefficient (Wildman–Crippen LogP) is 5.24. The maximum Gasteiger partial charge on any atom is 0.318 e. The lowest BCUT2D eigenvalue weighted by Gasteiger charge is -2.01. The lowest BCUT2D eigenvalue weighted by molar-refractivity contribution is -0.394. The fraction of sp³-hybridized carbons (Fsp3) is 0. The van der Waals surface area contributed by atoms with Crippen molar-refractivity contribution in [1.29, 1.82) is 0 Å². The van der Waals surface area contributed by atoms with Crippen LogP contribution in [0.2, 0.25) is 0 Å². The second-order valence-electron chi connectivity index (χ2n) is 6.21. The lowest BCUT2D eigenvalue weighted by atomic mass is 10.1. The van der Waals surface area contributed by atoms with Crippen LogP contribution in [0.1, 0.15) is 5.56 Å². The number of non-ortho nitro benzene ring substituents is 1. The first-order chi connectivity index (χ1) is 14.4. The molecule has 0 amide bonds. The summed E-state index contributed by atoms with van der Waals surface area (Å²) < 4.78 is 1.08. The van der Waals surface area contributed by atoms with E-state index in [0.717, 1.165) is 33.1 Å². The minimum absolute atomic E-state index is 0.119. The lowest BCUT2D eigenvalue weighted by Crippen LogP contribution is -1.96. The van der Waals surface area contributed by atoms with Crippen molar-refractivity contribution in [3.05, 3.63) is 86.5 Å². The van der Waals surface area contributed by atoms with E-state index in [2.05, 4.69) is 9.98 Å². The molecule has 3 aromatic carbocycles. The highest BCUT2D eigenvalue weighted by atomic mass is 32.1. The summed E-state index contributed by atoms with van der Waals surface area (Å²) in [4.78, 5) is 29.1. The zero-order valence-electron chi connectivity index (χ0n) is 15.1. The Hall–Kier alpha value is -4.18. The summed E-state index contributed by atoms with van der Waals surface area (Å²) in [5.41, 5.74) is 0.954. The average Bonchev–Trinajstić information content (AvgIpc) is 3.17. The van der Waals surface area contributed by atoms with E-state index >= 15 is 0 Å². The van der Waals surface area contributed by atoms with Crippen molar-refractivity contribution >= 4 is 44.8 Å². The van der Waals surface area contributed by atoms with Crippen LogP contribution in [0.15, 0.2) is 65.7 Å². The molecule has 10 heteroatoms. The number of hydrogen-bond donors (Lipinski definition) is 1. The molecule has 0 aliphatic rings. The molecule has 0 fully saturated rings. The molecular formula is C20H12N4O5S. The molecule has 1 N–H and O–H groups in total. The molecule has 0 saturated carbocycles. The van der Waals surface area contributed by atoms with Crippen LogP contribution in [0.25, 0.3) is 20.8 Å². The molecule has 1 aromatic heterocycles. The average molecular weight is 420 g/mol. The molecule has 4 rings (SSSR count). The largest absolute Gasteiger partial charge is 0.502 e. The standard InChI is InChI=1S/C20H12N4O5S/c25-19-13(9-15(23(26)27)10-17(19)24(28)29)11-21-14-7-5-12(6-8-14)20-22-16-3-1-2-4-18(16)30-20/h1-11,25H. The molecular weight excluding hydrogens is 408 g/mol. The van der Waals surface area contributed by atoms with Gasteiger partial charge in [0, 0.05) is 23.4 Å². The number of benzene rings is 3. The number of para-hydroxylation sites is 1. The van der Waals surface area contributed by atoms with Gasteiger partial charge in [-0.2, -0.15) is 0 Å². The quantitative estimate of drug-likeness (QED) is 0.267. The van der Waals surface area contributed by atoms with E-state index in [9.17, 15) is 25.3 Å². The zero-order chi connectivity index (χ0) is 21.3. The Labute approximate surface area is 172 Å². The van der Waals surface area contributed by atoms with Crippen LogP contribution in [0.5, 0.6) is 5.75 Å². The van der Waals surface area contributed by atoms with Gasteiger partial charge in [0.1, 0.15) is 5.01 Å². The summed E-state index contributed by atoms with van der Waals surface area (Å²) in [7, 11) is 0. The molecule has 0 unspecified atom stereocenters. The maximum absolute atomic E-state index is 11.0. The van der Waals surface area contributed by atoms with Crippen LogP contribution < -0.4 is 0 Å². The molecule has 0 spiro atoms. The highest BCUT2D eigenvalue weighted by Gasteiger charge is 2.23. The molecule has 0 aliphatic heterocycles. The van der Waals surface area contributed by atoms with E-state index in [1.54, 1.807) is 23.5 Å². The first-order valence-electron chi connectivity index (χ1n) is 8.58. The molecule has 0 radical (unpaired) electrons. The number of phenolic OH excluding ortho intramolecular Hbond substituents is 1. The van der Waals surface area contributed by atoms with E-state index in [-0.39, 0.29) is 5.56 Å². The summed E-state index contributed by atoms with van der Waals surface area (Å²) >= 11 is 1.57. The van der Waals surface area contributed by atoms with Gasteiger partial charge in [-0.05, 0) is 36.4 Å². The van der Waals surface area contributed by atoms with E-state index < -0.39 is 27.0 Å². The van der Waals surface area contributed by atoms with Crippen LogP contribution in [0, 0.1) is 20.2 Å². The molecule has 0 aliphatic carbocycles. The molecule has 148 valence electrons. The molecule has 1 heterocycles. The van der Waals surface area contributed by atoms with Crippen molar-refractivity contribution < 1.29 is 15.0 Å². The number of aromatic nitrogens is 1. The number of phenols is 1. The fourth-order valence-electron chi connectivity index (χ4n) is 2.80. The van der Waals surface area contributed by atoms with E-state index in [4.69, 9.17) is 0 Å². The number of aromatic hydroxyl groups is 1. The maximum atomic E-state index is 11.0. The van der Waals surface area contributed by atoms with Crippen molar-refractivity contribution in [2.45, 2.75) is 0 Å². The van der Waals surface area contributed by atoms with Gasteiger partial charge < -0.3 is 5.11 Å². The number of nitro benzene ring substituents is 2. The third-order valence-corrected chi connectivity index (χ3v) is 5.36. The van der Waals surface area contributed by atoms with Gasteiger partial charge in [-0.15, -0.1) is 11.3 Å². The fourth-order valence-corrected chi connectivity index (χ4v) is 3.77. The second-order valence-corrected chi connectivity index (χ2v) is 7.24. The van der Waals surface area contributed by atoms with Gasteiger partial charge in [0.2, 0.25) is 5.75 Å². The van der Waals surface area contributed by atoms with Gasteiger partial charge in [0.05, 0.1) is 31.8 Å². The Balaban J connectivity index is 1.63. The first kappa shape index (κ1) is 19.2. The molecule has 0 bridgehead atoms. The van der Waals surface area contributed by atoms with Crippen LogP contribution in [0.3, 0.4) is 0 Å². The first-order valence-corrected chi connectivity index (χ1v) is 9.40. The number of hydrogen-bond acceptors (Lipinski definition) is 8. The van der Waals surface area contributed by atoms with Crippen LogP contribution >= 0.6 is 11.3 Å². The number of nitro groups is 2. The van der Waals surface area contributed by atoms with Gasteiger partial charge in [-0.3, -0.25) is 25.2 Å². The van der Waals surface area contributed by atoms with Crippen LogP contribution in [-0.4, -0.2) is 26.2 Å². The van der Waals surface area contributed by atoms with Crippen molar-refractivity contribution in [1.82, 2.24) is 4.98 Å². The number of nitrogens with zero attached hydrogens (tertiary/aromatic N) is 4. The summed E-state index contributed by atoms with van der Waals surface area (Å²) in [6.07, 6.45) is 1.15. The van der Waals surface area contributed by atoms with Crippen LogP contribution in [-0.2, 0) is 0 Å². The monoisotopic (exact) mass is 420 g/mol. The summed E-state index contributed by atoms with van der Waals surface area (Å²) in [5.74, 6) is -0.680. The summed E-state index contributed by atoms with van der Waals surface area (Å²) in [6, 6.07) is 16.7. The van der Waals surface area contributed by atoms with Crippen molar-refractivity contribution in [2.75, 3.05) is 0 Å². The Bertz CT molecular complexity index is 1280. The summed E-state index contributed by atoms with van der Waals surface area (Å²) in [5, 5.41) is 32.9. The van der Waals surface area contributed by atoms with E-state index in [1.165, 1.54) is 0 Å². The van der Waals surface area contributed by atoms with Gasteiger partial charge in [-0.1, -0.05) is 12.1 Å². The Morgan fingerprint density at radius 2 is 1.73 bits per heavy atom. The number of fused-ring (bicyclic) bond motifs is 1. The predicted molar refractivity (Wildman–Crippen MR) is 114 cm³/mol. The second kappa shape index (κ2) is 7.68. The minimum Gasteiger partial charge on any atom is -0.502 e. The van der Waals surface area contributed by atoms with Crippen molar-refractivity contribution in [3.63, 3.8) is 0 Å². The Kier molecular flexibility index (Phi) is 4.90. The number of rotatable bonds is 5. The molecule has 30 heavy (non-hydrogen) atoms.